The van der Waals surface area contributed by atoms with Gasteiger partial charge in [-0.15, -0.1) is 0 Å². The average Bonchev–Trinajstić information content (AvgIpc) is 2.28. The number of halogens is 1. The maximum Gasteiger partial charge on any atom is 0.0806 e. The summed E-state index contributed by atoms with van der Waals surface area (Å²) < 4.78 is 1.08. The van der Waals surface area contributed by atoms with Crippen LogP contribution >= 0.6 is 15.9 Å². The molecule has 0 aliphatic rings. The maximum atomic E-state index is 4.28. The van der Waals surface area contributed by atoms with Crippen molar-refractivity contribution in [2.24, 2.45) is 0 Å². The minimum Gasteiger partial charge on any atom is -0.377 e. The van der Waals surface area contributed by atoms with Crippen molar-refractivity contribution in [2.45, 2.75) is 19.9 Å². The summed E-state index contributed by atoms with van der Waals surface area (Å²) in [6.45, 7) is 4.14. The predicted molar refractivity (Wildman–Crippen MR) is 72.9 cm³/mol. The Morgan fingerprint density at radius 1 is 1.24 bits per heavy atom. The Bertz CT molecular complexity index is 479. The molecule has 0 radical (unpaired) electrons. The van der Waals surface area contributed by atoms with Crippen LogP contribution in [-0.4, -0.2) is 9.97 Å². The molecule has 1 N–H and O–H groups in total. The Labute approximate surface area is 109 Å². The lowest BCUT2D eigenvalue weighted by atomic mass is 10.2. The van der Waals surface area contributed by atoms with Gasteiger partial charge in [-0.05, 0) is 37.6 Å². The number of rotatable bonds is 3. The number of hydrogen-bond acceptors (Lipinski definition) is 3. The van der Waals surface area contributed by atoms with E-state index in [4.69, 9.17) is 0 Å². The zero-order chi connectivity index (χ0) is 12.3. The van der Waals surface area contributed by atoms with Gasteiger partial charge in [-0.25, -0.2) is 0 Å². The summed E-state index contributed by atoms with van der Waals surface area (Å²) in [4.78, 5) is 8.35. The second-order valence-electron chi connectivity index (χ2n) is 4.01. The van der Waals surface area contributed by atoms with E-state index < -0.39 is 0 Å². The van der Waals surface area contributed by atoms with Gasteiger partial charge in [0, 0.05) is 22.6 Å². The molecule has 0 aliphatic carbocycles. The average molecular weight is 292 g/mol. The molecule has 1 atom stereocenters. The lowest BCUT2D eigenvalue weighted by Crippen LogP contribution is -2.08. The zero-order valence-electron chi connectivity index (χ0n) is 9.81. The number of nitrogens with one attached hydrogen (secondary N) is 1. The minimum absolute atomic E-state index is 0.136. The standard InChI is InChI=1S/C13H14BrN3/c1-9-5-11(14)7-12(6-9)17-10(2)13-8-15-3-4-16-13/h3-8,10,17H,1-2H3. The lowest BCUT2D eigenvalue weighted by molar-refractivity contribution is 0.827. The summed E-state index contributed by atoms with van der Waals surface area (Å²) in [7, 11) is 0. The number of aromatic nitrogens is 2. The van der Waals surface area contributed by atoms with Crippen LogP contribution in [0, 0.1) is 6.92 Å². The fourth-order valence-electron chi connectivity index (χ4n) is 1.68. The van der Waals surface area contributed by atoms with Gasteiger partial charge in [0.1, 0.15) is 0 Å². The second kappa shape index (κ2) is 5.27. The van der Waals surface area contributed by atoms with Gasteiger partial charge in [0.25, 0.3) is 0 Å². The largest absolute Gasteiger partial charge is 0.377 e. The number of aryl methyl sites for hydroxylation is 1. The highest BCUT2D eigenvalue weighted by Crippen LogP contribution is 2.22. The van der Waals surface area contributed by atoms with E-state index in [0.29, 0.717) is 0 Å². The summed E-state index contributed by atoms with van der Waals surface area (Å²) >= 11 is 3.49. The summed E-state index contributed by atoms with van der Waals surface area (Å²) in [6.07, 6.45) is 5.17. The monoisotopic (exact) mass is 291 g/mol. The van der Waals surface area contributed by atoms with Crippen molar-refractivity contribution in [1.29, 1.82) is 0 Å². The van der Waals surface area contributed by atoms with Crippen LogP contribution in [0.2, 0.25) is 0 Å². The highest BCUT2D eigenvalue weighted by molar-refractivity contribution is 9.10. The van der Waals surface area contributed by atoms with E-state index in [1.165, 1.54) is 5.56 Å². The maximum absolute atomic E-state index is 4.28. The fraction of sp³-hybridized carbons (Fsp3) is 0.231. The van der Waals surface area contributed by atoms with Crippen molar-refractivity contribution >= 4 is 21.6 Å². The normalized spacial score (nSPS) is 12.2. The molecule has 88 valence electrons. The molecular weight excluding hydrogens is 278 g/mol. The van der Waals surface area contributed by atoms with E-state index in [0.717, 1.165) is 15.9 Å². The third-order valence-electron chi connectivity index (χ3n) is 2.45. The van der Waals surface area contributed by atoms with Gasteiger partial charge in [0.15, 0.2) is 0 Å². The van der Waals surface area contributed by atoms with E-state index in [1.54, 1.807) is 18.6 Å². The van der Waals surface area contributed by atoms with Crippen LogP contribution in [0.15, 0.2) is 41.3 Å². The molecule has 2 rings (SSSR count). The van der Waals surface area contributed by atoms with Crippen molar-refractivity contribution in [1.82, 2.24) is 9.97 Å². The minimum atomic E-state index is 0.136. The first-order valence-corrected chi connectivity index (χ1v) is 6.24. The quantitative estimate of drug-likeness (QED) is 0.937. The third kappa shape index (κ3) is 3.27. The van der Waals surface area contributed by atoms with Crippen molar-refractivity contribution in [3.8, 4) is 0 Å². The van der Waals surface area contributed by atoms with Gasteiger partial charge in [-0.1, -0.05) is 15.9 Å². The van der Waals surface area contributed by atoms with Gasteiger partial charge in [0.2, 0.25) is 0 Å². The zero-order valence-corrected chi connectivity index (χ0v) is 11.4. The molecule has 4 heteroatoms. The molecule has 0 amide bonds. The van der Waals surface area contributed by atoms with Gasteiger partial charge < -0.3 is 5.32 Å². The first kappa shape index (κ1) is 12.0. The molecule has 0 saturated carbocycles. The molecule has 0 saturated heterocycles. The lowest BCUT2D eigenvalue weighted by Gasteiger charge is -2.15. The highest BCUT2D eigenvalue weighted by atomic mass is 79.9. The molecule has 0 bridgehead atoms. The van der Waals surface area contributed by atoms with Gasteiger partial charge in [0.05, 0.1) is 17.9 Å². The number of benzene rings is 1. The molecule has 1 heterocycles. The molecule has 17 heavy (non-hydrogen) atoms. The van der Waals surface area contributed by atoms with Gasteiger partial charge >= 0.3 is 0 Å². The first-order valence-electron chi connectivity index (χ1n) is 5.45. The van der Waals surface area contributed by atoms with Crippen LogP contribution in [0.1, 0.15) is 24.2 Å². The van der Waals surface area contributed by atoms with Crippen LogP contribution in [-0.2, 0) is 0 Å². The van der Waals surface area contributed by atoms with Crippen LogP contribution < -0.4 is 5.32 Å². The molecular formula is C13H14BrN3. The van der Waals surface area contributed by atoms with Crippen molar-refractivity contribution in [2.75, 3.05) is 5.32 Å². The van der Waals surface area contributed by atoms with Crippen LogP contribution in [0.5, 0.6) is 0 Å². The Hall–Kier alpha value is -1.42. The molecule has 2 aromatic rings. The summed E-state index contributed by atoms with van der Waals surface area (Å²) in [5, 5.41) is 3.41. The van der Waals surface area contributed by atoms with E-state index in [1.807, 2.05) is 0 Å². The van der Waals surface area contributed by atoms with Crippen LogP contribution in [0.4, 0.5) is 5.69 Å². The van der Waals surface area contributed by atoms with Crippen LogP contribution in [0.3, 0.4) is 0 Å². The predicted octanol–water partition coefficient (Wildman–Crippen LogP) is 3.72. The molecule has 3 nitrogen and oxygen atoms in total. The Balaban J connectivity index is 2.16. The topological polar surface area (TPSA) is 37.8 Å². The molecule has 1 unspecified atom stereocenters. The van der Waals surface area contributed by atoms with Crippen molar-refractivity contribution < 1.29 is 0 Å². The van der Waals surface area contributed by atoms with E-state index in [9.17, 15) is 0 Å². The second-order valence-corrected chi connectivity index (χ2v) is 4.93. The molecule has 0 fully saturated rings. The summed E-state index contributed by atoms with van der Waals surface area (Å²) in [6, 6.07) is 6.38. The molecule has 1 aromatic carbocycles. The highest BCUT2D eigenvalue weighted by Gasteiger charge is 2.07. The number of hydrogen-bond donors (Lipinski definition) is 1. The van der Waals surface area contributed by atoms with Crippen LogP contribution in [0.25, 0.3) is 0 Å². The first-order chi connectivity index (χ1) is 8.15. The smallest absolute Gasteiger partial charge is 0.0806 e. The van der Waals surface area contributed by atoms with Gasteiger partial charge in [-0.3, -0.25) is 9.97 Å². The summed E-state index contributed by atoms with van der Waals surface area (Å²) in [5.74, 6) is 0. The van der Waals surface area contributed by atoms with E-state index >= 15 is 0 Å². The molecule has 0 aliphatic heterocycles. The van der Waals surface area contributed by atoms with E-state index in [-0.39, 0.29) is 6.04 Å². The number of nitrogens with zero attached hydrogens (tertiary/aromatic N) is 2. The van der Waals surface area contributed by atoms with Crippen molar-refractivity contribution in [3.05, 3.63) is 52.5 Å². The summed E-state index contributed by atoms with van der Waals surface area (Å²) in [5.41, 5.74) is 3.23. The Morgan fingerprint density at radius 3 is 2.71 bits per heavy atom. The molecule has 1 aromatic heterocycles. The molecule has 0 spiro atoms. The Morgan fingerprint density at radius 2 is 2.06 bits per heavy atom. The van der Waals surface area contributed by atoms with Crippen molar-refractivity contribution in [3.63, 3.8) is 0 Å². The fourth-order valence-corrected chi connectivity index (χ4v) is 2.29. The van der Waals surface area contributed by atoms with Gasteiger partial charge in [-0.2, -0.15) is 0 Å². The van der Waals surface area contributed by atoms with E-state index in [2.05, 4.69) is 63.3 Å². The SMILES string of the molecule is Cc1cc(Br)cc(NC(C)c2cnccn2)c1. The third-order valence-corrected chi connectivity index (χ3v) is 2.91. The number of anilines is 1. The Kier molecular flexibility index (Phi) is 3.74.